The standard InChI is InChI=1S/C23H25N5O2S2/c1-3-18-25-22-20(16-7-5-6-8-17(16)32-22)21-26-27-23(28(18)21)31-13-19(29)24-14-9-11-15(12-10-14)30-4-2/h9-12H,3-8,13H2,1-2H3,(H,24,29). The molecule has 0 spiro atoms. The van der Waals surface area contributed by atoms with Gasteiger partial charge in [-0.25, -0.2) is 4.98 Å². The highest BCUT2D eigenvalue weighted by Crippen LogP contribution is 2.38. The molecule has 3 heterocycles. The molecule has 0 fully saturated rings. The van der Waals surface area contributed by atoms with E-state index in [0.717, 1.165) is 52.4 Å². The van der Waals surface area contributed by atoms with Gasteiger partial charge in [-0.1, -0.05) is 18.7 Å². The molecule has 32 heavy (non-hydrogen) atoms. The van der Waals surface area contributed by atoms with E-state index in [4.69, 9.17) is 9.72 Å². The third-order valence-corrected chi connectivity index (χ3v) is 7.71. The van der Waals surface area contributed by atoms with Gasteiger partial charge in [0.1, 0.15) is 16.4 Å². The Hall–Kier alpha value is -2.65. The zero-order chi connectivity index (χ0) is 22.1. The fourth-order valence-corrected chi connectivity index (χ4v) is 6.18. The average molecular weight is 468 g/mol. The number of aryl methyl sites for hydroxylation is 3. The molecule has 166 valence electrons. The normalized spacial score (nSPS) is 13.4. The molecule has 9 heteroatoms. The molecular weight excluding hydrogens is 442 g/mol. The smallest absolute Gasteiger partial charge is 0.234 e. The van der Waals surface area contributed by atoms with Gasteiger partial charge in [-0.05, 0) is 62.4 Å². The monoisotopic (exact) mass is 467 g/mol. The van der Waals surface area contributed by atoms with E-state index in [1.165, 1.54) is 35.0 Å². The summed E-state index contributed by atoms with van der Waals surface area (Å²) in [4.78, 5) is 20.0. The van der Waals surface area contributed by atoms with Gasteiger partial charge < -0.3 is 10.1 Å². The lowest BCUT2D eigenvalue weighted by Crippen LogP contribution is -2.14. The predicted molar refractivity (Wildman–Crippen MR) is 129 cm³/mol. The van der Waals surface area contributed by atoms with Crippen molar-refractivity contribution in [1.82, 2.24) is 19.6 Å². The summed E-state index contributed by atoms with van der Waals surface area (Å²) in [5, 5.41) is 13.8. The van der Waals surface area contributed by atoms with Crippen LogP contribution in [0.15, 0.2) is 29.4 Å². The fraction of sp³-hybridized carbons (Fsp3) is 0.391. The van der Waals surface area contributed by atoms with Gasteiger partial charge in [0.15, 0.2) is 10.8 Å². The zero-order valence-corrected chi connectivity index (χ0v) is 19.8. The lowest BCUT2D eigenvalue weighted by atomic mass is 9.97. The first-order valence-corrected chi connectivity index (χ1v) is 12.8. The van der Waals surface area contributed by atoms with Gasteiger partial charge in [0.05, 0.1) is 17.7 Å². The van der Waals surface area contributed by atoms with Crippen molar-refractivity contribution in [1.29, 1.82) is 0 Å². The number of amides is 1. The van der Waals surface area contributed by atoms with Gasteiger partial charge in [-0.3, -0.25) is 9.20 Å². The average Bonchev–Trinajstić information content (AvgIpc) is 3.39. The third kappa shape index (κ3) is 3.95. The molecule has 4 aromatic rings. The molecule has 0 radical (unpaired) electrons. The van der Waals surface area contributed by atoms with Crippen LogP contribution in [0, 0.1) is 0 Å². The highest BCUT2D eigenvalue weighted by molar-refractivity contribution is 7.99. The van der Waals surface area contributed by atoms with Crippen molar-refractivity contribution in [2.45, 2.75) is 51.1 Å². The van der Waals surface area contributed by atoms with E-state index < -0.39 is 0 Å². The van der Waals surface area contributed by atoms with E-state index in [9.17, 15) is 4.79 Å². The van der Waals surface area contributed by atoms with E-state index >= 15 is 0 Å². The van der Waals surface area contributed by atoms with Gasteiger partial charge >= 0.3 is 0 Å². The number of benzene rings is 1. The number of aromatic nitrogens is 4. The van der Waals surface area contributed by atoms with Crippen LogP contribution < -0.4 is 10.1 Å². The van der Waals surface area contributed by atoms with Gasteiger partial charge in [-0.2, -0.15) is 0 Å². The summed E-state index contributed by atoms with van der Waals surface area (Å²) in [6.07, 6.45) is 5.44. The van der Waals surface area contributed by atoms with Crippen LogP contribution in [-0.4, -0.2) is 37.8 Å². The molecule has 0 atom stereocenters. The van der Waals surface area contributed by atoms with Crippen molar-refractivity contribution >= 4 is 50.6 Å². The molecule has 1 N–H and O–H groups in total. The molecule has 7 nitrogen and oxygen atoms in total. The van der Waals surface area contributed by atoms with Crippen LogP contribution in [0.2, 0.25) is 0 Å². The molecule has 0 aliphatic heterocycles. The number of carbonyl (C=O) groups excluding carboxylic acids is 1. The molecule has 0 saturated heterocycles. The molecule has 0 bridgehead atoms. The largest absolute Gasteiger partial charge is 0.494 e. The number of anilines is 1. The molecule has 1 amide bonds. The summed E-state index contributed by atoms with van der Waals surface area (Å²) in [6.45, 7) is 4.65. The minimum absolute atomic E-state index is 0.0871. The molecule has 1 aliphatic carbocycles. The van der Waals surface area contributed by atoms with E-state index in [1.54, 1.807) is 11.3 Å². The zero-order valence-electron chi connectivity index (χ0n) is 18.2. The summed E-state index contributed by atoms with van der Waals surface area (Å²) in [5.41, 5.74) is 3.02. The van der Waals surface area contributed by atoms with Crippen LogP contribution in [0.25, 0.3) is 15.9 Å². The Morgan fingerprint density at radius 3 is 2.78 bits per heavy atom. The number of nitrogens with one attached hydrogen (secondary N) is 1. The fourth-order valence-electron chi connectivity index (χ4n) is 4.15. The number of hydrogen-bond donors (Lipinski definition) is 1. The van der Waals surface area contributed by atoms with Gasteiger partial charge in [0.2, 0.25) is 5.91 Å². The van der Waals surface area contributed by atoms with Crippen LogP contribution in [0.1, 0.15) is 43.0 Å². The molecule has 3 aromatic heterocycles. The minimum atomic E-state index is -0.0871. The quantitative estimate of drug-likeness (QED) is 0.389. The van der Waals surface area contributed by atoms with Gasteiger partial charge in [-0.15, -0.1) is 21.5 Å². The van der Waals surface area contributed by atoms with Crippen LogP contribution in [-0.2, 0) is 24.1 Å². The maximum absolute atomic E-state index is 12.5. The molecule has 5 rings (SSSR count). The number of thioether (sulfide) groups is 1. The van der Waals surface area contributed by atoms with Crippen LogP contribution in [0.5, 0.6) is 5.75 Å². The van der Waals surface area contributed by atoms with Crippen molar-refractivity contribution in [3.8, 4) is 5.75 Å². The number of hydrogen-bond acceptors (Lipinski definition) is 7. The summed E-state index contributed by atoms with van der Waals surface area (Å²) >= 11 is 3.19. The van der Waals surface area contributed by atoms with Gasteiger partial charge in [0.25, 0.3) is 0 Å². The van der Waals surface area contributed by atoms with Crippen LogP contribution in [0.4, 0.5) is 5.69 Å². The van der Waals surface area contributed by atoms with E-state index in [2.05, 4.69) is 22.4 Å². The predicted octanol–water partition coefficient (Wildman–Crippen LogP) is 4.91. The van der Waals surface area contributed by atoms with E-state index in [0.29, 0.717) is 11.8 Å². The Morgan fingerprint density at radius 2 is 2.00 bits per heavy atom. The maximum atomic E-state index is 12.5. The first kappa shape index (κ1) is 21.2. The van der Waals surface area contributed by atoms with Crippen molar-refractivity contribution in [2.24, 2.45) is 0 Å². The minimum Gasteiger partial charge on any atom is -0.494 e. The third-order valence-electron chi connectivity index (χ3n) is 5.60. The van der Waals surface area contributed by atoms with Crippen molar-refractivity contribution in [2.75, 3.05) is 17.7 Å². The van der Waals surface area contributed by atoms with Crippen molar-refractivity contribution in [3.05, 3.63) is 40.5 Å². The van der Waals surface area contributed by atoms with Crippen LogP contribution in [0.3, 0.4) is 0 Å². The van der Waals surface area contributed by atoms with Crippen LogP contribution >= 0.6 is 23.1 Å². The van der Waals surface area contributed by atoms with Crippen molar-refractivity contribution in [3.63, 3.8) is 0 Å². The first-order valence-electron chi connectivity index (χ1n) is 11.0. The summed E-state index contributed by atoms with van der Waals surface area (Å²) in [6, 6.07) is 7.39. The highest BCUT2D eigenvalue weighted by Gasteiger charge is 2.23. The second-order valence-electron chi connectivity index (χ2n) is 7.71. The second-order valence-corrected chi connectivity index (χ2v) is 9.73. The van der Waals surface area contributed by atoms with E-state index in [1.807, 2.05) is 35.6 Å². The Bertz CT molecular complexity index is 1280. The maximum Gasteiger partial charge on any atom is 0.234 e. The Labute approximate surface area is 194 Å². The molecule has 1 aromatic carbocycles. The number of rotatable bonds is 7. The van der Waals surface area contributed by atoms with Gasteiger partial charge in [0, 0.05) is 17.0 Å². The molecule has 1 aliphatic rings. The molecule has 0 unspecified atom stereocenters. The topological polar surface area (TPSA) is 81.4 Å². The Kier molecular flexibility index (Phi) is 6.01. The summed E-state index contributed by atoms with van der Waals surface area (Å²) in [7, 11) is 0. The summed E-state index contributed by atoms with van der Waals surface area (Å²) in [5.74, 6) is 1.88. The SMILES string of the molecule is CCOc1ccc(NC(=O)CSc2nnc3c4c5c(sc4nc(CC)n23)CCCC5)cc1. The number of ether oxygens (including phenoxy) is 1. The van der Waals surface area contributed by atoms with E-state index in [-0.39, 0.29) is 11.7 Å². The number of carbonyl (C=O) groups is 1. The molecular formula is C23H25N5O2S2. The number of thiophene rings is 1. The summed E-state index contributed by atoms with van der Waals surface area (Å²) < 4.78 is 7.48. The number of fused-ring (bicyclic) bond motifs is 5. The highest BCUT2D eigenvalue weighted by atomic mass is 32.2. The molecule has 0 saturated carbocycles. The second kappa shape index (κ2) is 9.07. The lowest BCUT2D eigenvalue weighted by molar-refractivity contribution is -0.113. The lowest BCUT2D eigenvalue weighted by Gasteiger charge is -2.11. The number of nitrogens with zero attached hydrogens (tertiary/aromatic N) is 4. The Balaban J connectivity index is 1.38. The van der Waals surface area contributed by atoms with Crippen molar-refractivity contribution < 1.29 is 9.53 Å². The first-order chi connectivity index (χ1) is 15.7. The Morgan fingerprint density at radius 1 is 1.19 bits per heavy atom.